The zero-order chi connectivity index (χ0) is 29.0. The van der Waals surface area contributed by atoms with Crippen molar-refractivity contribution in [1.82, 2.24) is 4.98 Å². The number of benzene rings is 2. The molecule has 0 saturated heterocycles. The molecule has 3 unspecified atom stereocenters. The van der Waals surface area contributed by atoms with Crippen LogP contribution in [0.5, 0.6) is 0 Å². The monoisotopic (exact) mass is 594 g/mol. The second-order valence-corrected chi connectivity index (χ2v) is 13.1. The minimum absolute atomic E-state index is 0.0125. The number of aryl methyl sites for hydroxylation is 1. The molecule has 40 heavy (non-hydrogen) atoms. The summed E-state index contributed by atoms with van der Waals surface area (Å²) in [5.74, 6) is -5.06. The Morgan fingerprint density at radius 1 is 1.02 bits per heavy atom. The smallest absolute Gasteiger partial charge is 0.255 e. The molecule has 2 saturated carbocycles. The molecule has 5 rings (SSSR count). The lowest BCUT2D eigenvalue weighted by atomic mass is 9.70. The number of sulfone groups is 1. The van der Waals surface area contributed by atoms with E-state index >= 15 is 0 Å². The van der Waals surface area contributed by atoms with Gasteiger partial charge in [-0.15, -0.1) is 0 Å². The van der Waals surface area contributed by atoms with Crippen molar-refractivity contribution in [2.24, 2.45) is 11.8 Å². The maximum absolute atomic E-state index is 14.5. The van der Waals surface area contributed by atoms with E-state index in [4.69, 9.17) is 11.6 Å². The molecule has 2 aliphatic rings. The predicted molar refractivity (Wildman–Crippen MR) is 141 cm³/mol. The van der Waals surface area contributed by atoms with Crippen LogP contribution >= 0.6 is 11.6 Å². The third-order valence-electron chi connectivity index (χ3n) is 8.09. The summed E-state index contributed by atoms with van der Waals surface area (Å²) in [4.78, 5) is 16.6. The molecule has 2 bridgehead atoms. The van der Waals surface area contributed by atoms with E-state index in [2.05, 4.69) is 10.3 Å². The molecule has 5 atom stereocenters. The first kappa shape index (κ1) is 28.5. The molecule has 3 N–H and O–H groups in total. The van der Waals surface area contributed by atoms with Gasteiger partial charge in [-0.25, -0.2) is 21.6 Å². The normalized spacial score (nSPS) is 25.0. The lowest BCUT2D eigenvalue weighted by molar-refractivity contribution is -0.146. The van der Waals surface area contributed by atoms with Crippen LogP contribution in [-0.2, 0) is 9.84 Å². The Kier molecular flexibility index (Phi) is 7.45. The summed E-state index contributed by atoms with van der Waals surface area (Å²) in [5.41, 5.74) is -1.66. The fourth-order valence-electron chi connectivity index (χ4n) is 6.03. The van der Waals surface area contributed by atoms with Gasteiger partial charge in [-0.3, -0.25) is 9.78 Å². The van der Waals surface area contributed by atoms with Gasteiger partial charge in [0.05, 0.1) is 15.2 Å². The molecule has 0 radical (unpaired) electrons. The number of hydrogen-bond acceptors (Lipinski definition) is 6. The number of carbonyl (C=O) groups excluding carboxylic acids is 1. The Hall–Kier alpha value is -2.99. The van der Waals surface area contributed by atoms with E-state index in [-0.39, 0.29) is 39.7 Å². The van der Waals surface area contributed by atoms with Crippen LogP contribution in [-0.4, -0.2) is 40.4 Å². The van der Waals surface area contributed by atoms with Crippen molar-refractivity contribution in [3.05, 3.63) is 88.0 Å². The van der Waals surface area contributed by atoms with E-state index in [9.17, 15) is 36.6 Å². The van der Waals surface area contributed by atoms with Crippen LogP contribution < -0.4 is 5.32 Å². The number of aromatic nitrogens is 1. The van der Waals surface area contributed by atoms with E-state index in [1.54, 1.807) is 6.92 Å². The number of aliphatic hydroxyl groups excluding tert-OH is 1. The van der Waals surface area contributed by atoms with Crippen LogP contribution in [0.4, 0.5) is 18.9 Å². The van der Waals surface area contributed by atoms with E-state index in [1.807, 2.05) is 0 Å². The van der Waals surface area contributed by atoms with E-state index in [1.165, 1.54) is 24.3 Å². The Labute approximate surface area is 233 Å². The average Bonchev–Trinajstić information content (AvgIpc) is 3.07. The lowest BCUT2D eigenvalue weighted by Crippen LogP contribution is -2.52. The zero-order valence-electron chi connectivity index (χ0n) is 21.2. The SMILES string of the molecule is Cc1ccc(F)c(C(O)[C@@]2(O)C3CC[C@H]2CC(S(=O)(=O)c2cc(C(=O)Nc4ccc(F)c(F)c4)ccc2Cl)C3)n1. The van der Waals surface area contributed by atoms with Crippen LogP contribution in [0.3, 0.4) is 0 Å². The van der Waals surface area contributed by atoms with Crippen molar-refractivity contribution >= 4 is 33.0 Å². The van der Waals surface area contributed by atoms with Gasteiger partial charge in [0.15, 0.2) is 21.5 Å². The van der Waals surface area contributed by atoms with Gasteiger partial charge in [-0.2, -0.15) is 0 Å². The first-order valence-corrected chi connectivity index (χ1v) is 14.6. The third kappa shape index (κ3) is 4.89. The maximum atomic E-state index is 14.5. The molecule has 1 heterocycles. The number of fused-ring (bicyclic) bond motifs is 2. The highest BCUT2D eigenvalue weighted by Gasteiger charge is 2.60. The van der Waals surface area contributed by atoms with Gasteiger partial charge in [-0.1, -0.05) is 11.6 Å². The number of carbonyl (C=O) groups is 1. The molecule has 3 aromatic rings. The van der Waals surface area contributed by atoms with Crippen LogP contribution in [0.2, 0.25) is 5.02 Å². The number of halogens is 4. The van der Waals surface area contributed by atoms with Crippen LogP contribution in [0, 0.1) is 36.2 Å². The first-order chi connectivity index (χ1) is 18.8. The lowest BCUT2D eigenvalue weighted by Gasteiger charge is -2.45. The number of amides is 1. The summed E-state index contributed by atoms with van der Waals surface area (Å²) in [5, 5.41) is 24.0. The molecule has 1 aromatic heterocycles. The minimum Gasteiger partial charge on any atom is -0.386 e. The van der Waals surface area contributed by atoms with Crippen molar-refractivity contribution in [3.63, 3.8) is 0 Å². The molecule has 212 valence electrons. The summed E-state index contributed by atoms with van der Waals surface area (Å²) in [6.45, 7) is 1.63. The van der Waals surface area contributed by atoms with Crippen molar-refractivity contribution in [1.29, 1.82) is 0 Å². The summed E-state index contributed by atoms with van der Waals surface area (Å²) in [6, 6.07) is 9.11. The summed E-state index contributed by atoms with van der Waals surface area (Å²) in [7, 11) is -4.12. The Bertz CT molecular complexity index is 1590. The molecule has 2 aliphatic carbocycles. The first-order valence-electron chi connectivity index (χ1n) is 12.7. The number of nitrogens with zero attached hydrogens (tertiary/aromatic N) is 1. The van der Waals surface area contributed by atoms with E-state index in [0.29, 0.717) is 18.5 Å². The van der Waals surface area contributed by atoms with Gasteiger partial charge in [0, 0.05) is 23.0 Å². The van der Waals surface area contributed by atoms with Crippen molar-refractivity contribution in [2.75, 3.05) is 5.32 Å². The Morgan fingerprint density at radius 3 is 2.33 bits per heavy atom. The highest BCUT2D eigenvalue weighted by molar-refractivity contribution is 7.92. The fraction of sp³-hybridized carbons (Fsp3) is 0.357. The maximum Gasteiger partial charge on any atom is 0.255 e. The molecule has 2 fully saturated rings. The number of nitrogens with one attached hydrogen (secondary N) is 1. The number of aliphatic hydroxyl groups is 2. The predicted octanol–water partition coefficient (Wildman–Crippen LogP) is 5.14. The minimum atomic E-state index is -4.12. The molecule has 0 aliphatic heterocycles. The second kappa shape index (κ2) is 10.4. The van der Waals surface area contributed by atoms with Crippen LogP contribution in [0.15, 0.2) is 53.4 Å². The van der Waals surface area contributed by atoms with Gasteiger partial charge in [0.1, 0.15) is 23.2 Å². The molecule has 12 heteroatoms. The summed E-state index contributed by atoms with van der Waals surface area (Å²) < 4.78 is 68.8. The highest BCUT2D eigenvalue weighted by atomic mass is 35.5. The third-order valence-corrected chi connectivity index (χ3v) is 10.7. The largest absolute Gasteiger partial charge is 0.386 e. The Balaban J connectivity index is 1.40. The number of anilines is 1. The highest BCUT2D eigenvalue weighted by Crippen LogP contribution is 2.56. The molecular formula is C28H26ClF3N2O5S. The average molecular weight is 595 g/mol. The van der Waals surface area contributed by atoms with Crippen molar-refractivity contribution in [2.45, 2.75) is 54.5 Å². The van der Waals surface area contributed by atoms with Crippen molar-refractivity contribution < 1.29 is 36.6 Å². The zero-order valence-corrected chi connectivity index (χ0v) is 22.8. The second-order valence-electron chi connectivity index (χ2n) is 10.4. The molecular weight excluding hydrogens is 569 g/mol. The number of rotatable bonds is 6. The number of pyridine rings is 1. The van der Waals surface area contributed by atoms with E-state index in [0.717, 1.165) is 24.3 Å². The molecule has 7 nitrogen and oxygen atoms in total. The summed E-state index contributed by atoms with van der Waals surface area (Å²) >= 11 is 6.27. The van der Waals surface area contributed by atoms with Gasteiger partial charge in [0.2, 0.25) is 0 Å². The molecule has 0 spiro atoms. The standard InChI is InChI=1S/C28H26ClF3N2O5S/c1-14-2-8-22(31)25(33-14)26(35)28(37)16-4-5-17(28)12-19(11-16)40(38,39)24-10-15(3-7-20(24)29)27(36)34-18-6-9-21(30)23(32)13-18/h2-3,6-10,13,16-17,19,26,35,37H,4-5,11-12H2,1H3,(H,34,36)/t16-,17?,19?,26?,28-/m0/s1. The molecule has 2 aromatic carbocycles. The topological polar surface area (TPSA) is 117 Å². The Morgan fingerprint density at radius 2 is 1.68 bits per heavy atom. The quantitative estimate of drug-likeness (QED) is 0.364. The van der Waals surface area contributed by atoms with Gasteiger partial charge < -0.3 is 15.5 Å². The van der Waals surface area contributed by atoms with Gasteiger partial charge in [0.25, 0.3) is 5.91 Å². The van der Waals surface area contributed by atoms with Crippen molar-refractivity contribution in [3.8, 4) is 0 Å². The fourth-order valence-corrected chi connectivity index (χ4v) is 8.43. The van der Waals surface area contributed by atoms with Gasteiger partial charge >= 0.3 is 0 Å². The van der Waals surface area contributed by atoms with Crippen LogP contribution in [0.1, 0.15) is 53.5 Å². The van der Waals surface area contributed by atoms with E-state index < -0.39 is 62.0 Å². The van der Waals surface area contributed by atoms with Gasteiger partial charge in [-0.05, 0) is 86.9 Å². The number of hydrogen-bond donors (Lipinski definition) is 3. The molecule has 1 amide bonds. The van der Waals surface area contributed by atoms with Crippen LogP contribution in [0.25, 0.3) is 0 Å². The summed E-state index contributed by atoms with van der Waals surface area (Å²) in [6.07, 6.45) is -0.798.